The van der Waals surface area contributed by atoms with E-state index in [1.54, 1.807) is 6.20 Å². The third kappa shape index (κ3) is 1.76. The summed E-state index contributed by atoms with van der Waals surface area (Å²) in [6, 6.07) is 0.542. The minimum atomic E-state index is 0.542. The standard InChI is InChI=1S/C10H13N2/c1-2-6-9(5-1)12-10-7-3-4-8-11-10/h3-4,7-9H,1-2,5-6H2/b12-10-. The summed E-state index contributed by atoms with van der Waals surface area (Å²) in [5, 5.41) is 4.18. The van der Waals surface area contributed by atoms with Crippen molar-refractivity contribution in [1.29, 1.82) is 0 Å². The maximum atomic E-state index is 4.55. The molecule has 0 spiro atoms. The van der Waals surface area contributed by atoms with E-state index in [2.05, 4.69) is 10.3 Å². The quantitative estimate of drug-likeness (QED) is 0.562. The van der Waals surface area contributed by atoms with Crippen LogP contribution in [0.5, 0.6) is 0 Å². The summed E-state index contributed by atoms with van der Waals surface area (Å²) in [5.74, 6) is 0.893. The average Bonchev–Trinajstić information content (AvgIpc) is 2.59. The summed E-state index contributed by atoms with van der Waals surface area (Å²) in [6.07, 6.45) is 12.8. The molecular weight excluding hydrogens is 148 g/mol. The van der Waals surface area contributed by atoms with E-state index in [1.807, 2.05) is 18.2 Å². The predicted molar refractivity (Wildman–Crippen MR) is 50.1 cm³/mol. The molecule has 1 saturated carbocycles. The number of aliphatic imine (C=N–C) groups is 1. The Hall–Kier alpha value is -1.05. The highest BCUT2D eigenvalue weighted by Crippen LogP contribution is 2.21. The lowest BCUT2D eigenvalue weighted by atomic mass is 10.2. The molecule has 63 valence electrons. The second-order valence-electron chi connectivity index (χ2n) is 3.26. The largest absolute Gasteiger partial charge is 0.263 e. The molecule has 1 aliphatic heterocycles. The number of amidine groups is 1. The monoisotopic (exact) mass is 161 g/mol. The van der Waals surface area contributed by atoms with Crippen LogP contribution >= 0.6 is 0 Å². The van der Waals surface area contributed by atoms with Gasteiger partial charge in [-0.3, -0.25) is 4.99 Å². The van der Waals surface area contributed by atoms with E-state index in [0.29, 0.717) is 6.04 Å². The van der Waals surface area contributed by atoms with Gasteiger partial charge in [0.2, 0.25) is 0 Å². The van der Waals surface area contributed by atoms with Crippen molar-refractivity contribution in [3.8, 4) is 0 Å². The Kier molecular flexibility index (Phi) is 2.26. The summed E-state index contributed by atoms with van der Waals surface area (Å²) in [5.41, 5.74) is 0. The molecule has 0 atom stereocenters. The van der Waals surface area contributed by atoms with Crippen molar-refractivity contribution in [2.45, 2.75) is 31.7 Å². The Bertz CT molecular complexity index is 232. The summed E-state index contributed by atoms with van der Waals surface area (Å²) >= 11 is 0. The lowest BCUT2D eigenvalue weighted by molar-refractivity contribution is 0.704. The first-order valence-electron chi connectivity index (χ1n) is 4.57. The molecule has 0 aromatic heterocycles. The minimum absolute atomic E-state index is 0.542. The van der Waals surface area contributed by atoms with Crippen LogP contribution in [0.2, 0.25) is 0 Å². The van der Waals surface area contributed by atoms with Gasteiger partial charge < -0.3 is 0 Å². The summed E-state index contributed by atoms with van der Waals surface area (Å²) < 4.78 is 0. The molecule has 0 bridgehead atoms. The first-order chi connectivity index (χ1) is 5.95. The Labute approximate surface area is 73.1 Å². The fourth-order valence-electron chi connectivity index (χ4n) is 1.65. The molecule has 2 heteroatoms. The predicted octanol–water partition coefficient (Wildman–Crippen LogP) is 2.02. The van der Waals surface area contributed by atoms with Crippen molar-refractivity contribution < 1.29 is 0 Å². The van der Waals surface area contributed by atoms with Crippen LogP contribution in [0.25, 0.3) is 0 Å². The van der Waals surface area contributed by atoms with Crippen molar-refractivity contribution in [2.75, 3.05) is 0 Å². The van der Waals surface area contributed by atoms with Crippen LogP contribution in [0, 0.1) is 0 Å². The highest BCUT2D eigenvalue weighted by molar-refractivity contribution is 5.94. The second-order valence-corrected chi connectivity index (χ2v) is 3.26. The maximum Gasteiger partial charge on any atom is 0.147 e. The van der Waals surface area contributed by atoms with Gasteiger partial charge in [0.25, 0.3) is 0 Å². The zero-order valence-corrected chi connectivity index (χ0v) is 7.11. The zero-order chi connectivity index (χ0) is 8.23. The molecule has 0 aromatic carbocycles. The van der Waals surface area contributed by atoms with E-state index >= 15 is 0 Å². The molecule has 0 aromatic rings. The topological polar surface area (TPSA) is 26.5 Å². The lowest BCUT2D eigenvalue weighted by Gasteiger charge is -2.05. The van der Waals surface area contributed by atoms with Crippen LogP contribution in [-0.4, -0.2) is 11.9 Å². The second kappa shape index (κ2) is 3.57. The first kappa shape index (κ1) is 7.59. The summed E-state index contributed by atoms with van der Waals surface area (Å²) in [7, 11) is 0. The van der Waals surface area contributed by atoms with Crippen molar-refractivity contribution in [1.82, 2.24) is 5.32 Å². The summed E-state index contributed by atoms with van der Waals surface area (Å²) in [4.78, 5) is 4.55. The van der Waals surface area contributed by atoms with Crippen LogP contribution in [0.4, 0.5) is 0 Å². The molecule has 0 amide bonds. The molecule has 2 nitrogen and oxygen atoms in total. The molecule has 1 aliphatic carbocycles. The van der Waals surface area contributed by atoms with Crippen LogP contribution in [0.3, 0.4) is 0 Å². The van der Waals surface area contributed by atoms with Gasteiger partial charge in [-0.15, -0.1) is 0 Å². The van der Waals surface area contributed by atoms with Gasteiger partial charge in [-0.05, 0) is 25.0 Å². The molecule has 2 aliphatic rings. The molecule has 1 fully saturated rings. The van der Waals surface area contributed by atoms with E-state index in [4.69, 9.17) is 0 Å². The molecule has 1 heterocycles. The van der Waals surface area contributed by atoms with Crippen molar-refractivity contribution >= 4 is 5.84 Å². The zero-order valence-electron chi connectivity index (χ0n) is 7.11. The number of hydrogen-bond donors (Lipinski definition) is 0. The van der Waals surface area contributed by atoms with Crippen molar-refractivity contribution in [2.24, 2.45) is 4.99 Å². The van der Waals surface area contributed by atoms with E-state index in [1.165, 1.54) is 25.7 Å². The Balaban J connectivity index is 1.97. The average molecular weight is 161 g/mol. The van der Waals surface area contributed by atoms with E-state index < -0.39 is 0 Å². The smallest absolute Gasteiger partial charge is 0.147 e. The number of nitrogens with zero attached hydrogens (tertiary/aromatic N) is 2. The molecule has 12 heavy (non-hydrogen) atoms. The van der Waals surface area contributed by atoms with E-state index in [-0.39, 0.29) is 0 Å². The fourth-order valence-corrected chi connectivity index (χ4v) is 1.65. The van der Waals surface area contributed by atoms with Gasteiger partial charge in [0.15, 0.2) is 0 Å². The van der Waals surface area contributed by atoms with Gasteiger partial charge in [-0.1, -0.05) is 18.9 Å². The Morgan fingerprint density at radius 3 is 2.75 bits per heavy atom. The van der Waals surface area contributed by atoms with Crippen LogP contribution < -0.4 is 5.32 Å². The SMILES string of the molecule is C1=C[N]/C(=N\C2CCCC2)C=C1. The normalized spacial score (nSPS) is 26.5. The highest BCUT2D eigenvalue weighted by Gasteiger charge is 2.14. The number of allylic oxidation sites excluding steroid dienone is 2. The first-order valence-corrected chi connectivity index (χ1v) is 4.57. The van der Waals surface area contributed by atoms with Crippen LogP contribution in [-0.2, 0) is 0 Å². The Morgan fingerprint density at radius 1 is 1.25 bits per heavy atom. The van der Waals surface area contributed by atoms with E-state index in [0.717, 1.165) is 5.84 Å². The third-order valence-electron chi connectivity index (χ3n) is 2.29. The minimum Gasteiger partial charge on any atom is -0.263 e. The number of rotatable bonds is 1. The lowest BCUT2D eigenvalue weighted by Crippen LogP contribution is -2.12. The molecule has 1 radical (unpaired) electrons. The molecular formula is C10H13N2. The van der Waals surface area contributed by atoms with Gasteiger partial charge in [0.1, 0.15) is 5.84 Å². The van der Waals surface area contributed by atoms with Gasteiger partial charge in [-0.25, -0.2) is 5.32 Å². The molecule has 0 unspecified atom stereocenters. The van der Waals surface area contributed by atoms with Crippen molar-refractivity contribution in [3.05, 3.63) is 24.4 Å². The Morgan fingerprint density at radius 2 is 2.08 bits per heavy atom. The molecule has 0 saturated heterocycles. The van der Waals surface area contributed by atoms with Crippen LogP contribution in [0.15, 0.2) is 29.4 Å². The fraction of sp³-hybridized carbons (Fsp3) is 0.500. The van der Waals surface area contributed by atoms with Crippen molar-refractivity contribution in [3.63, 3.8) is 0 Å². The van der Waals surface area contributed by atoms with Gasteiger partial charge >= 0.3 is 0 Å². The van der Waals surface area contributed by atoms with Crippen LogP contribution in [0.1, 0.15) is 25.7 Å². The van der Waals surface area contributed by atoms with E-state index in [9.17, 15) is 0 Å². The maximum absolute atomic E-state index is 4.55. The molecule has 2 rings (SSSR count). The van der Waals surface area contributed by atoms with Gasteiger partial charge in [0.05, 0.1) is 6.04 Å². The van der Waals surface area contributed by atoms with Gasteiger partial charge in [-0.2, -0.15) is 0 Å². The summed E-state index contributed by atoms with van der Waals surface area (Å²) in [6.45, 7) is 0. The van der Waals surface area contributed by atoms with Gasteiger partial charge in [0, 0.05) is 6.20 Å². The number of hydrogen-bond acceptors (Lipinski definition) is 1. The third-order valence-corrected chi connectivity index (χ3v) is 2.29. The highest BCUT2D eigenvalue weighted by atomic mass is 15.0. The molecule has 0 N–H and O–H groups in total.